The SMILES string of the molecule is CC(c1cccc(N)c1)C1CCN(C)C1. The zero-order valence-corrected chi connectivity index (χ0v) is 9.61. The van der Waals surface area contributed by atoms with E-state index in [9.17, 15) is 0 Å². The van der Waals surface area contributed by atoms with Gasteiger partial charge in [-0.2, -0.15) is 0 Å². The Labute approximate surface area is 92.1 Å². The summed E-state index contributed by atoms with van der Waals surface area (Å²) in [6.07, 6.45) is 1.31. The lowest BCUT2D eigenvalue weighted by Gasteiger charge is -2.19. The van der Waals surface area contributed by atoms with Crippen molar-refractivity contribution in [1.29, 1.82) is 0 Å². The van der Waals surface area contributed by atoms with Crippen LogP contribution >= 0.6 is 0 Å². The zero-order chi connectivity index (χ0) is 10.8. The first-order valence-electron chi connectivity index (χ1n) is 5.71. The molecule has 2 N–H and O–H groups in total. The average Bonchev–Trinajstić information content (AvgIpc) is 2.64. The Morgan fingerprint density at radius 3 is 2.87 bits per heavy atom. The summed E-state index contributed by atoms with van der Waals surface area (Å²) < 4.78 is 0. The fourth-order valence-corrected chi connectivity index (χ4v) is 2.49. The van der Waals surface area contributed by atoms with Crippen LogP contribution in [0.5, 0.6) is 0 Å². The molecule has 2 nitrogen and oxygen atoms in total. The van der Waals surface area contributed by atoms with Gasteiger partial charge in [-0.05, 0) is 49.5 Å². The van der Waals surface area contributed by atoms with Crippen LogP contribution in [-0.4, -0.2) is 25.0 Å². The fraction of sp³-hybridized carbons (Fsp3) is 0.538. The maximum absolute atomic E-state index is 5.81. The van der Waals surface area contributed by atoms with Gasteiger partial charge in [-0.1, -0.05) is 19.1 Å². The third kappa shape index (κ3) is 2.32. The molecule has 2 rings (SSSR count). The molecule has 1 aliphatic heterocycles. The van der Waals surface area contributed by atoms with Gasteiger partial charge in [0.2, 0.25) is 0 Å². The molecule has 0 bridgehead atoms. The van der Waals surface area contributed by atoms with Gasteiger partial charge in [0.05, 0.1) is 0 Å². The number of hydrogen-bond donors (Lipinski definition) is 1. The fourth-order valence-electron chi connectivity index (χ4n) is 2.49. The van der Waals surface area contributed by atoms with Gasteiger partial charge in [0.15, 0.2) is 0 Å². The normalized spacial score (nSPS) is 24.3. The summed E-state index contributed by atoms with van der Waals surface area (Å²) >= 11 is 0. The smallest absolute Gasteiger partial charge is 0.0316 e. The van der Waals surface area contributed by atoms with Gasteiger partial charge in [-0.3, -0.25) is 0 Å². The maximum Gasteiger partial charge on any atom is 0.0316 e. The van der Waals surface area contributed by atoms with Crippen LogP contribution < -0.4 is 5.73 Å². The van der Waals surface area contributed by atoms with Crippen molar-refractivity contribution in [1.82, 2.24) is 4.90 Å². The molecule has 1 aromatic carbocycles. The highest BCUT2D eigenvalue weighted by atomic mass is 15.1. The van der Waals surface area contributed by atoms with Crippen molar-refractivity contribution in [3.8, 4) is 0 Å². The van der Waals surface area contributed by atoms with Crippen LogP contribution in [0.2, 0.25) is 0 Å². The summed E-state index contributed by atoms with van der Waals surface area (Å²) in [5.41, 5.74) is 8.08. The highest BCUT2D eigenvalue weighted by molar-refractivity contribution is 5.41. The number of likely N-dealkylation sites (tertiary alicyclic amines) is 1. The van der Waals surface area contributed by atoms with E-state index < -0.39 is 0 Å². The molecule has 2 heteroatoms. The molecule has 1 saturated heterocycles. The molecular weight excluding hydrogens is 184 g/mol. The van der Waals surface area contributed by atoms with E-state index in [1.807, 2.05) is 6.07 Å². The molecule has 0 radical (unpaired) electrons. The van der Waals surface area contributed by atoms with Gasteiger partial charge < -0.3 is 10.6 Å². The number of nitrogens with two attached hydrogens (primary N) is 1. The number of anilines is 1. The van der Waals surface area contributed by atoms with E-state index >= 15 is 0 Å². The van der Waals surface area contributed by atoms with Crippen LogP contribution in [0.15, 0.2) is 24.3 Å². The Bertz CT molecular complexity index is 335. The molecule has 0 aliphatic carbocycles. The molecule has 1 fully saturated rings. The molecule has 2 unspecified atom stereocenters. The Hall–Kier alpha value is -1.02. The quantitative estimate of drug-likeness (QED) is 0.749. The molecular formula is C13H20N2. The van der Waals surface area contributed by atoms with E-state index in [-0.39, 0.29) is 0 Å². The lowest BCUT2D eigenvalue weighted by molar-refractivity contribution is 0.377. The third-order valence-corrected chi connectivity index (χ3v) is 3.57. The van der Waals surface area contributed by atoms with E-state index in [1.165, 1.54) is 25.1 Å². The summed E-state index contributed by atoms with van der Waals surface area (Å²) in [4.78, 5) is 2.41. The van der Waals surface area contributed by atoms with E-state index in [1.54, 1.807) is 0 Å². The summed E-state index contributed by atoms with van der Waals surface area (Å²) in [7, 11) is 2.20. The van der Waals surface area contributed by atoms with Gasteiger partial charge in [-0.25, -0.2) is 0 Å². The second-order valence-electron chi connectivity index (χ2n) is 4.77. The summed E-state index contributed by atoms with van der Waals surface area (Å²) in [5.74, 6) is 1.41. The molecule has 1 aliphatic rings. The Morgan fingerprint density at radius 1 is 1.47 bits per heavy atom. The maximum atomic E-state index is 5.81. The first-order chi connectivity index (χ1) is 7.16. The molecule has 0 spiro atoms. The Balaban J connectivity index is 2.10. The molecule has 15 heavy (non-hydrogen) atoms. The molecule has 0 saturated carbocycles. The van der Waals surface area contributed by atoms with Gasteiger partial charge in [0.25, 0.3) is 0 Å². The summed E-state index contributed by atoms with van der Waals surface area (Å²) in [6.45, 7) is 4.77. The lowest BCUT2D eigenvalue weighted by atomic mass is 9.87. The number of benzene rings is 1. The van der Waals surface area contributed by atoms with E-state index in [0.29, 0.717) is 5.92 Å². The molecule has 0 amide bonds. The van der Waals surface area contributed by atoms with Crippen molar-refractivity contribution in [2.45, 2.75) is 19.3 Å². The van der Waals surface area contributed by atoms with Gasteiger partial charge in [-0.15, -0.1) is 0 Å². The van der Waals surface area contributed by atoms with Crippen molar-refractivity contribution in [3.05, 3.63) is 29.8 Å². The minimum absolute atomic E-state index is 0.624. The second-order valence-corrected chi connectivity index (χ2v) is 4.77. The van der Waals surface area contributed by atoms with Crippen molar-refractivity contribution in [3.63, 3.8) is 0 Å². The molecule has 0 aromatic heterocycles. The number of hydrogen-bond acceptors (Lipinski definition) is 2. The molecule has 2 atom stereocenters. The van der Waals surface area contributed by atoms with Gasteiger partial charge in [0, 0.05) is 12.2 Å². The monoisotopic (exact) mass is 204 g/mol. The van der Waals surface area contributed by atoms with Crippen molar-refractivity contribution in [2.24, 2.45) is 5.92 Å². The summed E-state index contributed by atoms with van der Waals surface area (Å²) in [5, 5.41) is 0. The van der Waals surface area contributed by atoms with E-state index in [0.717, 1.165) is 11.6 Å². The van der Waals surface area contributed by atoms with Crippen LogP contribution in [0.3, 0.4) is 0 Å². The van der Waals surface area contributed by atoms with Crippen LogP contribution in [0.25, 0.3) is 0 Å². The molecule has 82 valence electrons. The summed E-state index contributed by atoms with van der Waals surface area (Å²) in [6, 6.07) is 8.32. The van der Waals surface area contributed by atoms with Gasteiger partial charge >= 0.3 is 0 Å². The van der Waals surface area contributed by atoms with Crippen molar-refractivity contribution < 1.29 is 0 Å². The zero-order valence-electron chi connectivity index (χ0n) is 9.61. The first kappa shape index (κ1) is 10.5. The third-order valence-electron chi connectivity index (χ3n) is 3.57. The average molecular weight is 204 g/mol. The molecule has 1 aromatic rings. The van der Waals surface area contributed by atoms with Crippen LogP contribution in [0.1, 0.15) is 24.8 Å². The largest absolute Gasteiger partial charge is 0.399 e. The van der Waals surface area contributed by atoms with Gasteiger partial charge in [0.1, 0.15) is 0 Å². The Morgan fingerprint density at radius 2 is 2.27 bits per heavy atom. The Kier molecular flexibility index (Phi) is 2.96. The van der Waals surface area contributed by atoms with Crippen LogP contribution in [0.4, 0.5) is 5.69 Å². The predicted octanol–water partition coefficient (Wildman–Crippen LogP) is 2.32. The van der Waals surface area contributed by atoms with E-state index in [2.05, 4.69) is 37.1 Å². The molecule has 1 heterocycles. The second kappa shape index (κ2) is 4.23. The standard InChI is InChI=1S/C13H20N2/c1-10(12-6-7-15(2)9-12)11-4-3-5-13(14)8-11/h3-5,8,10,12H,6-7,9,14H2,1-2H3. The number of rotatable bonds is 2. The highest BCUT2D eigenvalue weighted by Gasteiger charge is 2.25. The van der Waals surface area contributed by atoms with Crippen molar-refractivity contribution in [2.75, 3.05) is 25.9 Å². The minimum atomic E-state index is 0.624. The highest BCUT2D eigenvalue weighted by Crippen LogP contribution is 2.31. The topological polar surface area (TPSA) is 29.3 Å². The van der Waals surface area contributed by atoms with Crippen LogP contribution in [-0.2, 0) is 0 Å². The predicted molar refractivity (Wildman–Crippen MR) is 64.9 cm³/mol. The lowest BCUT2D eigenvalue weighted by Crippen LogP contribution is -2.17. The van der Waals surface area contributed by atoms with Crippen molar-refractivity contribution >= 4 is 5.69 Å². The van der Waals surface area contributed by atoms with E-state index in [4.69, 9.17) is 5.73 Å². The van der Waals surface area contributed by atoms with Crippen LogP contribution in [0, 0.1) is 5.92 Å². The first-order valence-corrected chi connectivity index (χ1v) is 5.71. The minimum Gasteiger partial charge on any atom is -0.399 e. The number of nitrogens with zero attached hydrogens (tertiary/aromatic N) is 1. The number of nitrogen functional groups attached to an aromatic ring is 1.